The summed E-state index contributed by atoms with van der Waals surface area (Å²) in [5.41, 5.74) is -0.427. The monoisotopic (exact) mass is 413 g/mol. The molecule has 2 atom stereocenters. The normalized spacial score (nSPS) is 22.3. The molecule has 1 fully saturated rings. The molecule has 1 spiro atoms. The molecule has 1 aromatic heterocycles. The second-order valence-corrected chi connectivity index (χ2v) is 8.40. The molecule has 2 aliphatic heterocycles. The molecule has 1 aromatic carbocycles. The largest absolute Gasteiger partial charge is 0.467 e. The Morgan fingerprint density at radius 3 is 2.90 bits per heavy atom. The number of rotatable bonds is 4. The van der Waals surface area contributed by atoms with Gasteiger partial charge in [0.2, 0.25) is 11.8 Å². The Hall–Kier alpha value is -2.87. The predicted molar refractivity (Wildman–Crippen MR) is 109 cm³/mol. The van der Waals surface area contributed by atoms with E-state index in [9.17, 15) is 14.4 Å². The van der Waals surface area contributed by atoms with Gasteiger partial charge in [0.15, 0.2) is 5.72 Å². The number of carbonyl (C=O) groups is 3. The smallest absolute Gasteiger partial charge is 0.258 e. The van der Waals surface area contributed by atoms with Gasteiger partial charge in [-0.2, -0.15) is 0 Å². The number of fused-ring (bicyclic) bond motifs is 1. The van der Waals surface area contributed by atoms with E-state index in [1.54, 1.807) is 34.4 Å². The van der Waals surface area contributed by atoms with Crippen LogP contribution in [-0.2, 0) is 9.59 Å². The molecule has 2 unspecified atom stereocenters. The molecule has 2 aromatic rings. The number of hydrogen-bond donors (Lipinski definition) is 2. The number of ether oxygens (including phenoxy) is 1. The lowest BCUT2D eigenvalue weighted by molar-refractivity contribution is -0.135. The van der Waals surface area contributed by atoms with Crippen LogP contribution in [0.1, 0.15) is 47.5 Å². The van der Waals surface area contributed by atoms with Crippen molar-refractivity contribution in [2.45, 2.75) is 38.0 Å². The number of carbonyl (C=O) groups excluding carboxylic acids is 3. The van der Waals surface area contributed by atoms with Crippen molar-refractivity contribution < 1.29 is 19.1 Å². The fraction of sp³-hybridized carbons (Fsp3) is 0.381. The second kappa shape index (κ2) is 7.87. The van der Waals surface area contributed by atoms with E-state index >= 15 is 0 Å². The molecule has 2 N–H and O–H groups in total. The Balaban J connectivity index is 1.40. The molecule has 7 nitrogen and oxygen atoms in total. The standard InChI is InChI=1S/C21H23N3O4S/c1-14(17-7-4-12-29-17)22-18(25)13-24-11-10-21(9-8-19(24)26)23-20(27)15-5-2-3-6-16(15)28-21/h2-7,12,14H,8-11,13H2,1H3,(H,22,25)(H,23,27). The van der Waals surface area contributed by atoms with Crippen LogP contribution in [0.15, 0.2) is 41.8 Å². The highest BCUT2D eigenvalue weighted by Gasteiger charge is 2.42. The Morgan fingerprint density at radius 2 is 2.10 bits per heavy atom. The maximum atomic E-state index is 12.6. The van der Waals surface area contributed by atoms with Gasteiger partial charge >= 0.3 is 0 Å². The van der Waals surface area contributed by atoms with Crippen LogP contribution >= 0.6 is 11.3 Å². The fourth-order valence-corrected chi connectivity index (χ4v) is 4.48. The summed E-state index contributed by atoms with van der Waals surface area (Å²) in [6, 6.07) is 10.9. The van der Waals surface area contributed by atoms with Crippen molar-refractivity contribution in [3.8, 4) is 5.75 Å². The van der Waals surface area contributed by atoms with E-state index in [2.05, 4.69) is 10.6 Å². The summed E-state index contributed by atoms with van der Waals surface area (Å²) >= 11 is 1.58. The average Bonchev–Trinajstić information content (AvgIpc) is 3.20. The van der Waals surface area contributed by atoms with E-state index in [0.29, 0.717) is 30.7 Å². The Morgan fingerprint density at radius 1 is 1.28 bits per heavy atom. The van der Waals surface area contributed by atoms with Gasteiger partial charge in [0.25, 0.3) is 5.91 Å². The van der Waals surface area contributed by atoms with Crippen LogP contribution in [0.5, 0.6) is 5.75 Å². The predicted octanol–water partition coefficient (Wildman–Crippen LogP) is 2.46. The van der Waals surface area contributed by atoms with Crippen molar-refractivity contribution in [1.29, 1.82) is 0 Å². The van der Waals surface area contributed by atoms with E-state index in [1.807, 2.05) is 30.5 Å². The molecule has 0 radical (unpaired) electrons. The molecule has 3 amide bonds. The number of amides is 3. The van der Waals surface area contributed by atoms with Crippen molar-refractivity contribution in [2.75, 3.05) is 13.1 Å². The third-order valence-electron chi connectivity index (χ3n) is 5.34. The van der Waals surface area contributed by atoms with Gasteiger partial charge in [-0.15, -0.1) is 11.3 Å². The highest BCUT2D eigenvalue weighted by molar-refractivity contribution is 7.10. The van der Waals surface area contributed by atoms with Crippen LogP contribution in [0, 0.1) is 0 Å². The van der Waals surface area contributed by atoms with Gasteiger partial charge in [0.1, 0.15) is 5.75 Å². The van der Waals surface area contributed by atoms with Crippen LogP contribution in [0.25, 0.3) is 0 Å². The summed E-state index contributed by atoms with van der Waals surface area (Å²) in [5.74, 6) is 0.0154. The Labute approximate surface area is 173 Å². The first kappa shape index (κ1) is 19.4. The van der Waals surface area contributed by atoms with Gasteiger partial charge in [-0.1, -0.05) is 18.2 Å². The van der Waals surface area contributed by atoms with E-state index in [-0.39, 0.29) is 36.7 Å². The molecule has 0 saturated carbocycles. The first-order valence-corrected chi connectivity index (χ1v) is 10.5. The summed E-state index contributed by atoms with van der Waals surface area (Å²) in [6.07, 6.45) is 0.998. The van der Waals surface area contributed by atoms with E-state index in [4.69, 9.17) is 4.74 Å². The number of benzene rings is 1. The number of likely N-dealkylation sites (tertiary alicyclic amines) is 1. The van der Waals surface area contributed by atoms with E-state index < -0.39 is 5.72 Å². The molecular weight excluding hydrogens is 390 g/mol. The molecular formula is C21H23N3O4S. The van der Waals surface area contributed by atoms with Crippen LogP contribution in [0.4, 0.5) is 0 Å². The minimum absolute atomic E-state index is 0.00480. The maximum absolute atomic E-state index is 12.6. The van der Waals surface area contributed by atoms with Crippen molar-refractivity contribution in [1.82, 2.24) is 15.5 Å². The summed E-state index contributed by atoms with van der Waals surface area (Å²) in [6.45, 7) is 2.25. The highest BCUT2D eigenvalue weighted by atomic mass is 32.1. The quantitative estimate of drug-likeness (QED) is 0.806. The molecule has 3 heterocycles. The SMILES string of the molecule is CC(NC(=O)CN1CCC2(CCC1=O)NC(=O)c1ccccc1O2)c1cccs1. The topological polar surface area (TPSA) is 87.7 Å². The molecule has 0 bridgehead atoms. The zero-order chi connectivity index (χ0) is 20.4. The van der Waals surface area contributed by atoms with Gasteiger partial charge < -0.3 is 20.3 Å². The van der Waals surface area contributed by atoms with Crippen LogP contribution in [0.3, 0.4) is 0 Å². The number of nitrogens with zero attached hydrogens (tertiary/aromatic N) is 1. The number of para-hydroxylation sites is 1. The third kappa shape index (κ3) is 4.12. The molecule has 1 saturated heterocycles. The van der Waals surface area contributed by atoms with Crippen molar-refractivity contribution >= 4 is 29.1 Å². The Bertz CT molecular complexity index is 930. The molecule has 2 aliphatic rings. The first-order valence-electron chi connectivity index (χ1n) is 9.67. The molecule has 0 aliphatic carbocycles. The lowest BCUT2D eigenvalue weighted by Crippen LogP contribution is -2.56. The lowest BCUT2D eigenvalue weighted by atomic mass is 10.0. The lowest BCUT2D eigenvalue weighted by Gasteiger charge is -2.38. The van der Waals surface area contributed by atoms with Crippen LogP contribution in [0.2, 0.25) is 0 Å². The van der Waals surface area contributed by atoms with Gasteiger partial charge in [0.05, 0.1) is 18.2 Å². The van der Waals surface area contributed by atoms with Crippen LogP contribution < -0.4 is 15.4 Å². The number of nitrogens with one attached hydrogen (secondary N) is 2. The minimum Gasteiger partial charge on any atom is -0.467 e. The number of thiophene rings is 1. The van der Waals surface area contributed by atoms with Gasteiger partial charge in [-0.25, -0.2) is 0 Å². The minimum atomic E-state index is -0.920. The summed E-state index contributed by atoms with van der Waals surface area (Å²) in [5, 5.41) is 7.84. The third-order valence-corrected chi connectivity index (χ3v) is 6.40. The van der Waals surface area contributed by atoms with Crippen molar-refractivity contribution in [3.63, 3.8) is 0 Å². The fourth-order valence-electron chi connectivity index (χ4n) is 3.75. The second-order valence-electron chi connectivity index (χ2n) is 7.42. The molecule has 152 valence electrons. The average molecular weight is 413 g/mol. The summed E-state index contributed by atoms with van der Waals surface area (Å²) in [7, 11) is 0. The van der Waals surface area contributed by atoms with Crippen LogP contribution in [-0.4, -0.2) is 41.4 Å². The van der Waals surface area contributed by atoms with E-state index in [0.717, 1.165) is 4.88 Å². The van der Waals surface area contributed by atoms with Gasteiger partial charge in [-0.3, -0.25) is 14.4 Å². The molecule has 4 rings (SSSR count). The Kier molecular flexibility index (Phi) is 5.27. The first-order chi connectivity index (χ1) is 14.0. The molecule has 29 heavy (non-hydrogen) atoms. The maximum Gasteiger partial charge on any atom is 0.258 e. The number of hydrogen-bond acceptors (Lipinski definition) is 5. The summed E-state index contributed by atoms with van der Waals surface area (Å²) < 4.78 is 6.12. The van der Waals surface area contributed by atoms with E-state index in [1.165, 1.54) is 0 Å². The van der Waals surface area contributed by atoms with Gasteiger partial charge in [0, 0.05) is 30.7 Å². The van der Waals surface area contributed by atoms with Gasteiger partial charge in [-0.05, 0) is 30.5 Å². The summed E-state index contributed by atoms with van der Waals surface area (Å²) in [4.78, 5) is 40.2. The molecule has 8 heteroatoms. The van der Waals surface area contributed by atoms with Crippen molar-refractivity contribution in [3.05, 3.63) is 52.2 Å². The van der Waals surface area contributed by atoms with Crippen molar-refractivity contribution in [2.24, 2.45) is 0 Å². The zero-order valence-electron chi connectivity index (χ0n) is 16.1. The highest BCUT2D eigenvalue weighted by Crippen LogP contribution is 2.33. The zero-order valence-corrected chi connectivity index (χ0v) is 17.0.